The van der Waals surface area contributed by atoms with Gasteiger partial charge in [-0.2, -0.15) is 0 Å². The SMILES string of the molecule is C=CCOC(=O)C1=C(SC)S[C@@H]2[C@@H]([C@@H](C)O)C(=O)N12. The Bertz CT molecular complexity index is 461. The number of hydrogen-bond donors (Lipinski definition) is 1. The minimum Gasteiger partial charge on any atom is -0.457 e. The highest BCUT2D eigenvalue weighted by Gasteiger charge is 2.57. The van der Waals surface area contributed by atoms with E-state index < -0.39 is 18.0 Å². The molecule has 0 saturated carbocycles. The van der Waals surface area contributed by atoms with Crippen molar-refractivity contribution >= 4 is 35.4 Å². The maximum Gasteiger partial charge on any atom is 0.357 e. The fourth-order valence-corrected chi connectivity index (χ4v) is 4.46. The molecular weight excluding hydrogens is 286 g/mol. The van der Waals surface area contributed by atoms with E-state index in [0.717, 1.165) is 4.24 Å². The third-order valence-corrected chi connectivity index (χ3v) is 5.48. The van der Waals surface area contributed by atoms with Crippen molar-refractivity contribution in [3.8, 4) is 0 Å². The second kappa shape index (κ2) is 5.60. The van der Waals surface area contributed by atoms with E-state index in [1.54, 1.807) is 6.92 Å². The summed E-state index contributed by atoms with van der Waals surface area (Å²) >= 11 is 2.84. The lowest BCUT2D eigenvalue weighted by atomic mass is 9.92. The molecule has 2 heterocycles. The average molecular weight is 301 g/mol. The molecule has 0 radical (unpaired) electrons. The van der Waals surface area contributed by atoms with Crippen LogP contribution in [0, 0.1) is 5.92 Å². The maximum atomic E-state index is 12.0. The highest BCUT2D eigenvalue weighted by molar-refractivity contribution is 8.22. The number of carbonyl (C=O) groups excluding carboxylic acids is 2. The summed E-state index contributed by atoms with van der Waals surface area (Å²) in [5.74, 6) is -1.18. The predicted molar refractivity (Wildman–Crippen MR) is 75.1 cm³/mol. The van der Waals surface area contributed by atoms with Crippen LogP contribution in [0.15, 0.2) is 22.6 Å². The summed E-state index contributed by atoms with van der Waals surface area (Å²) in [5.41, 5.74) is 0.297. The molecule has 104 valence electrons. The van der Waals surface area contributed by atoms with Gasteiger partial charge in [0.1, 0.15) is 12.0 Å². The molecule has 1 N–H and O–H groups in total. The number of fused-ring (bicyclic) bond motifs is 1. The molecule has 0 aliphatic carbocycles. The highest BCUT2D eigenvalue weighted by Crippen LogP contribution is 2.53. The van der Waals surface area contributed by atoms with Gasteiger partial charge in [-0.25, -0.2) is 4.79 Å². The molecule has 19 heavy (non-hydrogen) atoms. The van der Waals surface area contributed by atoms with Gasteiger partial charge in [-0.1, -0.05) is 24.4 Å². The fraction of sp³-hybridized carbons (Fsp3) is 0.500. The third-order valence-electron chi connectivity index (χ3n) is 2.98. The van der Waals surface area contributed by atoms with Crippen molar-refractivity contribution in [3.05, 3.63) is 22.6 Å². The zero-order chi connectivity index (χ0) is 14.2. The van der Waals surface area contributed by atoms with Crippen molar-refractivity contribution < 1.29 is 19.4 Å². The Labute approximate surface area is 120 Å². The lowest BCUT2D eigenvalue weighted by Gasteiger charge is -2.43. The van der Waals surface area contributed by atoms with E-state index in [1.165, 1.54) is 34.5 Å². The van der Waals surface area contributed by atoms with Gasteiger partial charge in [0.15, 0.2) is 5.70 Å². The number of aliphatic hydroxyl groups excluding tert-OH is 1. The van der Waals surface area contributed by atoms with Crippen molar-refractivity contribution in [2.45, 2.75) is 18.4 Å². The number of hydrogen-bond acceptors (Lipinski definition) is 6. The predicted octanol–water partition coefficient (Wildman–Crippen LogP) is 1.16. The molecule has 2 aliphatic heterocycles. The molecule has 0 aromatic carbocycles. The topological polar surface area (TPSA) is 66.8 Å². The maximum absolute atomic E-state index is 12.0. The van der Waals surface area contributed by atoms with Crippen LogP contribution >= 0.6 is 23.5 Å². The van der Waals surface area contributed by atoms with Crippen LogP contribution in [0.4, 0.5) is 0 Å². The monoisotopic (exact) mass is 301 g/mol. The Morgan fingerprint density at radius 3 is 2.95 bits per heavy atom. The zero-order valence-electron chi connectivity index (χ0n) is 10.7. The van der Waals surface area contributed by atoms with E-state index in [0.29, 0.717) is 5.70 Å². The molecule has 2 rings (SSSR count). The summed E-state index contributed by atoms with van der Waals surface area (Å²) < 4.78 is 5.77. The van der Waals surface area contributed by atoms with Crippen LogP contribution in [0.3, 0.4) is 0 Å². The van der Waals surface area contributed by atoms with Crippen LogP contribution in [-0.2, 0) is 14.3 Å². The minimum absolute atomic E-state index is 0.112. The number of ether oxygens (including phenoxy) is 1. The van der Waals surface area contributed by atoms with Crippen molar-refractivity contribution in [1.29, 1.82) is 0 Å². The first-order valence-corrected chi connectivity index (χ1v) is 7.87. The summed E-state index contributed by atoms with van der Waals surface area (Å²) in [5, 5.41) is 9.41. The van der Waals surface area contributed by atoms with Gasteiger partial charge in [0, 0.05) is 0 Å². The molecule has 1 amide bonds. The molecule has 3 atom stereocenters. The summed E-state index contributed by atoms with van der Waals surface area (Å²) in [6, 6.07) is 0. The van der Waals surface area contributed by atoms with Gasteiger partial charge in [-0.05, 0) is 13.2 Å². The number of carbonyl (C=O) groups is 2. The lowest BCUT2D eigenvalue weighted by molar-refractivity contribution is -0.157. The largest absolute Gasteiger partial charge is 0.457 e. The summed E-state index contributed by atoms with van der Waals surface area (Å²) in [4.78, 5) is 25.4. The van der Waals surface area contributed by atoms with Gasteiger partial charge >= 0.3 is 5.97 Å². The highest BCUT2D eigenvalue weighted by atomic mass is 32.2. The third kappa shape index (κ3) is 2.30. The molecular formula is C12H15NO4S2. The first-order valence-electron chi connectivity index (χ1n) is 5.77. The summed E-state index contributed by atoms with van der Waals surface area (Å²) in [7, 11) is 0. The fourth-order valence-electron chi connectivity index (χ4n) is 2.09. The number of rotatable bonds is 5. The smallest absolute Gasteiger partial charge is 0.357 e. The van der Waals surface area contributed by atoms with Crippen LogP contribution in [0.5, 0.6) is 0 Å². The van der Waals surface area contributed by atoms with E-state index >= 15 is 0 Å². The molecule has 2 aliphatic rings. The molecule has 5 nitrogen and oxygen atoms in total. The standard InChI is InChI=1S/C12H15NO4S2/c1-4-5-17-11(16)8-12(18-3)19-10-7(6(2)14)9(15)13(8)10/h4,6-7,10,14H,1,5H2,2-3H3/t6-,7+,10-/m1/s1. The quantitative estimate of drug-likeness (QED) is 0.467. The number of esters is 1. The van der Waals surface area contributed by atoms with Crippen LogP contribution in [0.1, 0.15) is 6.92 Å². The Hall–Kier alpha value is -0.920. The van der Waals surface area contributed by atoms with Gasteiger partial charge < -0.3 is 9.84 Å². The van der Waals surface area contributed by atoms with E-state index in [2.05, 4.69) is 6.58 Å². The summed E-state index contributed by atoms with van der Waals surface area (Å²) in [6.07, 6.45) is 2.61. The van der Waals surface area contributed by atoms with Gasteiger partial charge in [0.2, 0.25) is 5.91 Å². The Morgan fingerprint density at radius 2 is 2.42 bits per heavy atom. The van der Waals surface area contributed by atoms with Crippen LogP contribution in [0.25, 0.3) is 0 Å². The molecule has 1 saturated heterocycles. The molecule has 0 unspecified atom stereocenters. The summed E-state index contributed by atoms with van der Waals surface area (Å²) in [6.45, 7) is 5.18. The number of aliphatic hydroxyl groups is 1. The van der Waals surface area contributed by atoms with Gasteiger partial charge in [-0.15, -0.1) is 11.8 Å². The van der Waals surface area contributed by atoms with E-state index in [-0.39, 0.29) is 17.9 Å². The van der Waals surface area contributed by atoms with Gasteiger partial charge in [-0.3, -0.25) is 9.69 Å². The van der Waals surface area contributed by atoms with E-state index in [9.17, 15) is 14.7 Å². The van der Waals surface area contributed by atoms with Crippen LogP contribution in [0.2, 0.25) is 0 Å². The first kappa shape index (κ1) is 14.5. The van der Waals surface area contributed by atoms with E-state index in [4.69, 9.17) is 4.74 Å². The molecule has 7 heteroatoms. The number of nitrogens with zero attached hydrogens (tertiary/aromatic N) is 1. The Morgan fingerprint density at radius 1 is 1.74 bits per heavy atom. The van der Waals surface area contributed by atoms with Gasteiger partial charge in [0.05, 0.1) is 16.3 Å². The molecule has 0 bridgehead atoms. The minimum atomic E-state index is -0.715. The lowest BCUT2D eigenvalue weighted by Crippen LogP contribution is -2.60. The molecule has 0 aromatic heterocycles. The van der Waals surface area contributed by atoms with Crippen molar-refractivity contribution in [3.63, 3.8) is 0 Å². The molecule has 0 aromatic rings. The Balaban J connectivity index is 2.20. The molecule has 0 spiro atoms. The number of thioether (sulfide) groups is 2. The Kier molecular flexibility index (Phi) is 4.27. The van der Waals surface area contributed by atoms with E-state index in [1.807, 2.05) is 6.26 Å². The second-order valence-electron chi connectivity index (χ2n) is 4.21. The number of β-lactam (4-membered cyclic amide) rings is 1. The van der Waals surface area contributed by atoms with Crippen molar-refractivity contribution in [2.75, 3.05) is 12.9 Å². The normalized spacial score (nSPS) is 26.9. The number of amides is 1. The average Bonchev–Trinajstić information content (AvgIpc) is 2.69. The first-order chi connectivity index (χ1) is 9.02. The zero-order valence-corrected chi connectivity index (χ0v) is 12.3. The van der Waals surface area contributed by atoms with Crippen molar-refractivity contribution in [2.24, 2.45) is 5.92 Å². The second-order valence-corrected chi connectivity index (χ2v) is 6.41. The van der Waals surface area contributed by atoms with Crippen LogP contribution in [-0.4, -0.2) is 46.2 Å². The molecule has 1 fully saturated rings. The van der Waals surface area contributed by atoms with Crippen molar-refractivity contribution in [1.82, 2.24) is 4.90 Å². The van der Waals surface area contributed by atoms with Gasteiger partial charge in [0.25, 0.3) is 0 Å². The van der Waals surface area contributed by atoms with Crippen LogP contribution < -0.4 is 0 Å².